The van der Waals surface area contributed by atoms with Crippen molar-refractivity contribution < 1.29 is 4.79 Å². The zero-order chi connectivity index (χ0) is 22.8. The first-order chi connectivity index (χ1) is 16.1. The maximum absolute atomic E-state index is 13.6. The average molecular weight is 456 g/mol. The van der Waals surface area contributed by atoms with Crippen LogP contribution in [0.1, 0.15) is 63.2 Å². The Morgan fingerprint density at radius 2 is 1.79 bits per heavy atom. The lowest BCUT2D eigenvalue weighted by Gasteiger charge is -2.12. The fourth-order valence-corrected chi connectivity index (χ4v) is 6.03. The van der Waals surface area contributed by atoms with Crippen LogP contribution in [0.15, 0.2) is 53.7 Å². The summed E-state index contributed by atoms with van der Waals surface area (Å²) in [6, 6.07) is 14.4. The lowest BCUT2D eigenvalue weighted by atomic mass is 9.96. The first-order valence-electron chi connectivity index (χ1n) is 11.7. The molecule has 0 saturated carbocycles. The molecule has 168 valence electrons. The first-order valence-corrected chi connectivity index (χ1v) is 12.5. The highest BCUT2D eigenvalue weighted by Gasteiger charge is 2.24. The number of carbonyl (C=O) groups is 1. The van der Waals surface area contributed by atoms with Crippen LogP contribution < -0.4 is 5.32 Å². The number of nitrogens with zero attached hydrogens (tertiary/aromatic N) is 1. The van der Waals surface area contributed by atoms with Crippen LogP contribution in [0, 0.1) is 13.8 Å². The molecule has 2 heterocycles. The van der Waals surface area contributed by atoms with Gasteiger partial charge in [0.05, 0.1) is 5.56 Å². The molecule has 4 aromatic rings. The molecule has 2 aromatic carbocycles. The van der Waals surface area contributed by atoms with Gasteiger partial charge in [-0.3, -0.25) is 4.79 Å². The van der Waals surface area contributed by atoms with Crippen molar-refractivity contribution in [2.24, 2.45) is 4.99 Å². The molecule has 5 heteroatoms. The van der Waals surface area contributed by atoms with Crippen LogP contribution in [0.2, 0.25) is 0 Å². The van der Waals surface area contributed by atoms with Gasteiger partial charge in [0.1, 0.15) is 5.00 Å². The summed E-state index contributed by atoms with van der Waals surface area (Å²) in [5.41, 5.74) is 7.21. The van der Waals surface area contributed by atoms with Gasteiger partial charge >= 0.3 is 0 Å². The van der Waals surface area contributed by atoms with E-state index in [9.17, 15) is 4.79 Å². The Balaban J connectivity index is 1.54. The number of hydrogen-bond donors (Lipinski definition) is 2. The van der Waals surface area contributed by atoms with Gasteiger partial charge in [-0.25, -0.2) is 4.99 Å². The largest absolute Gasteiger partial charge is 0.361 e. The molecule has 0 aliphatic heterocycles. The second-order valence-corrected chi connectivity index (χ2v) is 10.1. The number of aryl methyl sites for hydroxylation is 3. The summed E-state index contributed by atoms with van der Waals surface area (Å²) in [5, 5.41) is 5.11. The molecule has 1 aliphatic carbocycles. The van der Waals surface area contributed by atoms with Crippen LogP contribution >= 0.6 is 11.3 Å². The molecule has 0 saturated heterocycles. The number of hydrogen-bond acceptors (Lipinski definition) is 3. The van der Waals surface area contributed by atoms with Crippen molar-refractivity contribution in [3.63, 3.8) is 0 Å². The Kier molecular flexibility index (Phi) is 6.14. The Morgan fingerprint density at radius 1 is 1.03 bits per heavy atom. The molecule has 33 heavy (non-hydrogen) atoms. The van der Waals surface area contributed by atoms with Gasteiger partial charge < -0.3 is 10.3 Å². The van der Waals surface area contributed by atoms with Crippen molar-refractivity contribution in [3.8, 4) is 0 Å². The highest BCUT2D eigenvalue weighted by atomic mass is 32.1. The van der Waals surface area contributed by atoms with E-state index in [1.807, 2.05) is 36.7 Å². The minimum absolute atomic E-state index is 0.0517. The summed E-state index contributed by atoms with van der Waals surface area (Å²) in [6.07, 6.45) is 10.6. The molecular weight excluding hydrogens is 426 g/mol. The molecule has 5 rings (SSSR count). The minimum atomic E-state index is -0.0517. The third-order valence-electron chi connectivity index (χ3n) is 6.30. The maximum Gasteiger partial charge on any atom is 0.259 e. The summed E-state index contributed by atoms with van der Waals surface area (Å²) in [5.74, 6) is -0.0517. The van der Waals surface area contributed by atoms with Gasteiger partial charge in [-0.05, 0) is 74.4 Å². The fraction of sp³-hybridized carbons (Fsp3) is 0.286. The minimum Gasteiger partial charge on any atom is -0.361 e. The highest BCUT2D eigenvalue weighted by Crippen LogP contribution is 2.39. The number of aliphatic imine (C=N–C) groups is 1. The van der Waals surface area contributed by atoms with Crippen molar-refractivity contribution >= 4 is 45.0 Å². The van der Waals surface area contributed by atoms with Crippen molar-refractivity contribution in [1.82, 2.24) is 4.98 Å². The smallest absolute Gasteiger partial charge is 0.259 e. The number of para-hydroxylation sites is 1. The molecule has 0 bridgehead atoms. The number of nitrogens with one attached hydrogen (secondary N) is 2. The van der Waals surface area contributed by atoms with Crippen molar-refractivity contribution in [2.75, 3.05) is 5.32 Å². The van der Waals surface area contributed by atoms with Crippen LogP contribution in [0.3, 0.4) is 0 Å². The Morgan fingerprint density at radius 3 is 2.61 bits per heavy atom. The molecule has 1 aliphatic rings. The molecular formula is C28H29N3OS. The molecule has 2 aromatic heterocycles. The number of anilines is 1. The van der Waals surface area contributed by atoms with E-state index in [0.29, 0.717) is 0 Å². The highest BCUT2D eigenvalue weighted by molar-refractivity contribution is 7.16. The molecule has 1 amide bonds. The van der Waals surface area contributed by atoms with Crippen molar-refractivity contribution in [1.29, 1.82) is 0 Å². The van der Waals surface area contributed by atoms with E-state index >= 15 is 0 Å². The molecule has 2 N–H and O–H groups in total. The van der Waals surface area contributed by atoms with Gasteiger partial charge in [0, 0.05) is 39.4 Å². The molecule has 0 fully saturated rings. The van der Waals surface area contributed by atoms with Crippen LogP contribution in [0.5, 0.6) is 0 Å². The Bertz CT molecular complexity index is 1320. The number of aromatic nitrogens is 1. The number of carbonyl (C=O) groups excluding carboxylic acids is 1. The Labute approximate surface area is 198 Å². The zero-order valence-corrected chi connectivity index (χ0v) is 20.0. The van der Waals surface area contributed by atoms with E-state index in [0.717, 1.165) is 63.1 Å². The number of thiophene rings is 1. The van der Waals surface area contributed by atoms with Gasteiger partial charge in [-0.1, -0.05) is 37.1 Å². The van der Waals surface area contributed by atoms with Gasteiger partial charge in [0.25, 0.3) is 5.91 Å². The van der Waals surface area contributed by atoms with Crippen LogP contribution in [0.4, 0.5) is 10.7 Å². The lowest BCUT2D eigenvalue weighted by Crippen LogP contribution is -2.14. The van der Waals surface area contributed by atoms with Crippen LogP contribution in [-0.4, -0.2) is 17.1 Å². The standard InChI is InChI=1S/C28H29N3OS/c1-18-13-19(2)15-21(14-18)31-27(32)26-23-10-5-3-4-6-12-25(23)33-28(26)30-17-20-16-29-24-11-8-7-9-22(20)24/h7-9,11,13-17,29H,3-6,10,12H2,1-2H3,(H,31,32). The summed E-state index contributed by atoms with van der Waals surface area (Å²) >= 11 is 1.69. The van der Waals surface area contributed by atoms with E-state index in [2.05, 4.69) is 42.3 Å². The van der Waals surface area contributed by atoms with Gasteiger partial charge in [0.2, 0.25) is 0 Å². The van der Waals surface area contributed by atoms with E-state index in [-0.39, 0.29) is 5.91 Å². The zero-order valence-electron chi connectivity index (χ0n) is 19.2. The fourth-order valence-electron chi connectivity index (χ4n) is 4.80. The van der Waals surface area contributed by atoms with Gasteiger partial charge in [0.15, 0.2) is 0 Å². The van der Waals surface area contributed by atoms with Crippen molar-refractivity contribution in [3.05, 3.63) is 81.4 Å². The number of aromatic amines is 1. The monoisotopic (exact) mass is 455 g/mol. The topological polar surface area (TPSA) is 57.2 Å². The quantitative estimate of drug-likeness (QED) is 0.307. The third-order valence-corrected chi connectivity index (χ3v) is 7.50. The number of amides is 1. The number of fused-ring (bicyclic) bond motifs is 2. The molecule has 0 unspecified atom stereocenters. The number of benzene rings is 2. The molecule has 0 radical (unpaired) electrons. The normalized spacial score (nSPS) is 14.2. The van der Waals surface area contributed by atoms with Crippen LogP contribution in [-0.2, 0) is 12.8 Å². The summed E-state index contributed by atoms with van der Waals surface area (Å²) in [7, 11) is 0. The maximum atomic E-state index is 13.6. The molecule has 0 atom stereocenters. The van der Waals surface area contributed by atoms with E-state index in [1.54, 1.807) is 11.3 Å². The third kappa shape index (κ3) is 4.64. The summed E-state index contributed by atoms with van der Waals surface area (Å²) < 4.78 is 0. The molecule has 4 nitrogen and oxygen atoms in total. The summed E-state index contributed by atoms with van der Waals surface area (Å²) in [6.45, 7) is 4.11. The lowest BCUT2D eigenvalue weighted by molar-refractivity contribution is 0.102. The van der Waals surface area contributed by atoms with Gasteiger partial charge in [-0.2, -0.15) is 0 Å². The summed E-state index contributed by atoms with van der Waals surface area (Å²) in [4.78, 5) is 23.1. The Hall–Kier alpha value is -3.18. The van der Waals surface area contributed by atoms with E-state index in [1.165, 1.54) is 29.7 Å². The second-order valence-electron chi connectivity index (χ2n) is 8.98. The first kappa shape index (κ1) is 21.7. The average Bonchev–Trinajstić information content (AvgIpc) is 3.32. The molecule has 0 spiro atoms. The predicted molar refractivity (Wildman–Crippen MR) is 140 cm³/mol. The van der Waals surface area contributed by atoms with E-state index in [4.69, 9.17) is 4.99 Å². The SMILES string of the molecule is Cc1cc(C)cc(NC(=O)c2c(N=Cc3c[nH]c4ccccc34)sc3c2CCCCCC3)c1. The van der Waals surface area contributed by atoms with Crippen LogP contribution in [0.25, 0.3) is 10.9 Å². The van der Waals surface area contributed by atoms with Crippen molar-refractivity contribution in [2.45, 2.75) is 52.4 Å². The number of rotatable bonds is 4. The second kappa shape index (κ2) is 9.36. The predicted octanol–water partition coefficient (Wildman–Crippen LogP) is 7.51. The number of H-pyrrole nitrogens is 1. The van der Waals surface area contributed by atoms with E-state index < -0.39 is 0 Å². The van der Waals surface area contributed by atoms with Gasteiger partial charge in [-0.15, -0.1) is 11.3 Å².